The molecule has 0 aliphatic rings. The van der Waals surface area contributed by atoms with Crippen molar-refractivity contribution in [2.45, 2.75) is 61.2 Å². The quantitative estimate of drug-likeness (QED) is 0.428. The van der Waals surface area contributed by atoms with E-state index in [-0.39, 0.29) is 10.3 Å². The van der Waals surface area contributed by atoms with Crippen molar-refractivity contribution in [1.82, 2.24) is 14.8 Å². The molecule has 0 radical (unpaired) electrons. The minimum absolute atomic E-state index is 0.0716. The van der Waals surface area contributed by atoms with Crippen LogP contribution in [0.1, 0.15) is 38.8 Å². The van der Waals surface area contributed by atoms with Gasteiger partial charge in [0.25, 0.3) is 0 Å². The molecule has 0 bridgehead atoms. The number of rotatable bonds is 7. The second kappa shape index (κ2) is 9.08. The second-order valence-corrected chi connectivity index (χ2v) is 11.0. The molecular formula is C22H25F2N3O2S2. The lowest BCUT2D eigenvalue weighted by molar-refractivity contribution is 0.234. The van der Waals surface area contributed by atoms with E-state index >= 15 is 0 Å². The fourth-order valence-corrected chi connectivity index (χ4v) is 4.72. The van der Waals surface area contributed by atoms with E-state index in [2.05, 4.69) is 43.1 Å². The number of hydrogen-bond donors (Lipinski definition) is 0. The standard InChI is InChI=1S/C22H25F2N3O2S2/c1-5-27-19(16-8-10-17(11-9-16)22(2,3)4)25-26-21(27)30-14-15-6-12-18(13-7-15)31(28,29)20(23)24/h6-13,20H,5,14H2,1-4H3. The Balaban J connectivity index is 1.76. The summed E-state index contributed by atoms with van der Waals surface area (Å²) in [6, 6.07) is 13.8. The first-order valence-electron chi connectivity index (χ1n) is 9.82. The van der Waals surface area contributed by atoms with Crippen LogP contribution in [0.3, 0.4) is 0 Å². The maximum Gasteiger partial charge on any atom is 0.341 e. The largest absolute Gasteiger partial charge is 0.341 e. The molecule has 0 unspecified atom stereocenters. The number of nitrogens with zero attached hydrogens (tertiary/aromatic N) is 3. The molecule has 0 saturated carbocycles. The van der Waals surface area contributed by atoms with Gasteiger partial charge in [-0.3, -0.25) is 0 Å². The number of aromatic nitrogens is 3. The van der Waals surface area contributed by atoms with E-state index in [4.69, 9.17) is 0 Å². The maximum atomic E-state index is 12.7. The molecule has 3 rings (SSSR count). The Morgan fingerprint density at radius 1 is 1.00 bits per heavy atom. The maximum absolute atomic E-state index is 12.7. The molecule has 0 aliphatic heterocycles. The molecule has 0 amide bonds. The Bertz CT molecular complexity index is 1130. The number of alkyl halides is 2. The Morgan fingerprint density at radius 3 is 2.13 bits per heavy atom. The molecule has 31 heavy (non-hydrogen) atoms. The van der Waals surface area contributed by atoms with Crippen LogP contribution in [0, 0.1) is 0 Å². The van der Waals surface area contributed by atoms with Gasteiger partial charge in [0.2, 0.25) is 9.84 Å². The Morgan fingerprint density at radius 2 is 1.61 bits per heavy atom. The first kappa shape index (κ1) is 23.4. The molecular weight excluding hydrogens is 440 g/mol. The average Bonchev–Trinajstić information content (AvgIpc) is 3.14. The lowest BCUT2D eigenvalue weighted by atomic mass is 9.87. The number of thioether (sulfide) groups is 1. The van der Waals surface area contributed by atoms with Crippen molar-refractivity contribution in [1.29, 1.82) is 0 Å². The van der Waals surface area contributed by atoms with Crippen molar-refractivity contribution in [2.24, 2.45) is 0 Å². The number of benzene rings is 2. The molecule has 5 nitrogen and oxygen atoms in total. The van der Waals surface area contributed by atoms with Crippen molar-refractivity contribution in [2.75, 3.05) is 0 Å². The fraction of sp³-hybridized carbons (Fsp3) is 0.364. The van der Waals surface area contributed by atoms with Crippen LogP contribution in [0.4, 0.5) is 8.78 Å². The van der Waals surface area contributed by atoms with Crippen LogP contribution >= 0.6 is 11.8 Å². The zero-order chi connectivity index (χ0) is 22.8. The zero-order valence-corrected chi connectivity index (χ0v) is 19.5. The predicted octanol–water partition coefficient (Wildman–Crippen LogP) is 5.55. The van der Waals surface area contributed by atoms with Gasteiger partial charge in [0.05, 0.1) is 4.90 Å². The minimum atomic E-state index is -4.58. The number of sulfone groups is 1. The molecule has 0 fully saturated rings. The fourth-order valence-electron chi connectivity index (χ4n) is 3.04. The molecule has 0 spiro atoms. The van der Waals surface area contributed by atoms with E-state index < -0.39 is 15.6 Å². The lowest BCUT2D eigenvalue weighted by Crippen LogP contribution is -2.11. The van der Waals surface area contributed by atoms with Crippen molar-refractivity contribution in [3.8, 4) is 11.4 Å². The summed E-state index contributed by atoms with van der Waals surface area (Å²) < 4.78 is 50.4. The van der Waals surface area contributed by atoms with Crippen LogP contribution in [-0.2, 0) is 27.5 Å². The van der Waals surface area contributed by atoms with Gasteiger partial charge in [0.1, 0.15) is 0 Å². The molecule has 166 valence electrons. The minimum Gasteiger partial charge on any atom is -0.302 e. The first-order valence-corrected chi connectivity index (χ1v) is 12.3. The molecule has 9 heteroatoms. The summed E-state index contributed by atoms with van der Waals surface area (Å²) in [5.74, 6) is -2.13. The van der Waals surface area contributed by atoms with E-state index in [0.717, 1.165) is 22.1 Å². The van der Waals surface area contributed by atoms with Crippen molar-refractivity contribution in [3.63, 3.8) is 0 Å². The summed E-state index contributed by atoms with van der Waals surface area (Å²) in [5, 5.41) is 9.40. The average molecular weight is 466 g/mol. The summed E-state index contributed by atoms with van der Waals surface area (Å²) in [4.78, 5) is -0.381. The summed E-state index contributed by atoms with van der Waals surface area (Å²) in [5.41, 5.74) is 3.10. The third-order valence-electron chi connectivity index (χ3n) is 4.90. The van der Waals surface area contributed by atoms with Crippen LogP contribution in [0.25, 0.3) is 11.4 Å². The van der Waals surface area contributed by atoms with Gasteiger partial charge in [-0.05, 0) is 35.6 Å². The molecule has 0 aliphatic carbocycles. The second-order valence-electron chi connectivity index (χ2n) is 8.12. The highest BCUT2D eigenvalue weighted by molar-refractivity contribution is 7.98. The SMILES string of the molecule is CCn1c(SCc2ccc(S(=O)(=O)C(F)F)cc2)nnc1-c1ccc(C(C)(C)C)cc1. The summed E-state index contributed by atoms with van der Waals surface area (Å²) in [6.45, 7) is 9.21. The Hall–Kier alpha value is -2.26. The highest BCUT2D eigenvalue weighted by Gasteiger charge is 2.26. The van der Waals surface area contributed by atoms with Crippen molar-refractivity contribution < 1.29 is 17.2 Å². The summed E-state index contributed by atoms with van der Waals surface area (Å²) in [6.07, 6.45) is 0. The van der Waals surface area contributed by atoms with Gasteiger partial charge in [0.15, 0.2) is 11.0 Å². The van der Waals surface area contributed by atoms with Crippen LogP contribution in [0.5, 0.6) is 0 Å². The zero-order valence-electron chi connectivity index (χ0n) is 17.8. The van der Waals surface area contributed by atoms with Gasteiger partial charge >= 0.3 is 5.76 Å². The van der Waals surface area contributed by atoms with E-state index in [1.165, 1.54) is 29.5 Å². The topological polar surface area (TPSA) is 64.8 Å². The van der Waals surface area contributed by atoms with E-state index in [0.29, 0.717) is 12.3 Å². The Kier molecular flexibility index (Phi) is 6.85. The van der Waals surface area contributed by atoms with E-state index in [1.807, 2.05) is 23.6 Å². The van der Waals surface area contributed by atoms with Crippen LogP contribution in [-0.4, -0.2) is 28.9 Å². The number of halogens is 2. The highest BCUT2D eigenvalue weighted by Crippen LogP contribution is 2.29. The van der Waals surface area contributed by atoms with Crippen LogP contribution in [0.2, 0.25) is 0 Å². The van der Waals surface area contributed by atoms with Gasteiger partial charge in [-0.1, -0.05) is 68.9 Å². The first-order chi connectivity index (χ1) is 14.5. The lowest BCUT2D eigenvalue weighted by Gasteiger charge is -2.19. The monoisotopic (exact) mass is 465 g/mol. The smallest absolute Gasteiger partial charge is 0.302 e. The van der Waals surface area contributed by atoms with Crippen LogP contribution < -0.4 is 0 Å². The van der Waals surface area contributed by atoms with Gasteiger partial charge < -0.3 is 4.57 Å². The molecule has 1 heterocycles. The molecule has 0 atom stereocenters. The molecule has 1 aromatic heterocycles. The van der Waals surface area contributed by atoms with Gasteiger partial charge in [0, 0.05) is 17.9 Å². The summed E-state index contributed by atoms with van der Waals surface area (Å²) in [7, 11) is -4.58. The third kappa shape index (κ3) is 5.15. The molecule has 2 aromatic carbocycles. The van der Waals surface area contributed by atoms with Crippen LogP contribution in [0.15, 0.2) is 58.6 Å². The Labute approximate surface area is 185 Å². The normalized spacial score (nSPS) is 12.5. The van der Waals surface area contributed by atoms with E-state index in [1.54, 1.807) is 12.1 Å². The molecule has 3 aromatic rings. The van der Waals surface area contributed by atoms with Gasteiger partial charge in [-0.25, -0.2) is 8.42 Å². The van der Waals surface area contributed by atoms with Gasteiger partial charge in [-0.15, -0.1) is 10.2 Å². The predicted molar refractivity (Wildman–Crippen MR) is 119 cm³/mol. The highest BCUT2D eigenvalue weighted by atomic mass is 32.2. The third-order valence-corrected chi connectivity index (χ3v) is 7.33. The molecule has 0 saturated heterocycles. The number of hydrogen-bond acceptors (Lipinski definition) is 5. The van der Waals surface area contributed by atoms with Gasteiger partial charge in [-0.2, -0.15) is 8.78 Å². The van der Waals surface area contributed by atoms with Crippen molar-refractivity contribution >= 4 is 21.6 Å². The molecule has 0 N–H and O–H groups in total. The van der Waals surface area contributed by atoms with Crippen molar-refractivity contribution in [3.05, 3.63) is 59.7 Å². The summed E-state index contributed by atoms with van der Waals surface area (Å²) >= 11 is 1.46. The van der Waals surface area contributed by atoms with E-state index in [9.17, 15) is 17.2 Å².